The van der Waals surface area contributed by atoms with E-state index in [0.717, 1.165) is 13.0 Å². The van der Waals surface area contributed by atoms with Crippen molar-refractivity contribution in [3.05, 3.63) is 35.4 Å². The van der Waals surface area contributed by atoms with Crippen molar-refractivity contribution < 1.29 is 5.11 Å². The quantitative estimate of drug-likeness (QED) is 0.838. The molecule has 1 aliphatic carbocycles. The van der Waals surface area contributed by atoms with Crippen molar-refractivity contribution in [1.82, 2.24) is 5.32 Å². The summed E-state index contributed by atoms with van der Waals surface area (Å²) in [6, 6.07) is 8.64. The molecule has 0 aliphatic heterocycles. The van der Waals surface area contributed by atoms with Gasteiger partial charge in [0, 0.05) is 19.0 Å². The van der Waals surface area contributed by atoms with Gasteiger partial charge in [-0.2, -0.15) is 0 Å². The molecule has 1 aliphatic rings. The first-order chi connectivity index (χ1) is 8.46. The number of fused-ring (bicyclic) bond motifs is 1. The molecule has 0 bridgehead atoms. The summed E-state index contributed by atoms with van der Waals surface area (Å²) in [6.45, 7) is 8.18. The van der Waals surface area contributed by atoms with E-state index in [1.54, 1.807) is 0 Å². The van der Waals surface area contributed by atoms with Gasteiger partial charge in [-0.1, -0.05) is 45.0 Å². The molecule has 0 amide bonds. The van der Waals surface area contributed by atoms with E-state index in [9.17, 15) is 5.11 Å². The molecular formula is C16H25NO. The average Bonchev–Trinajstić information content (AvgIpc) is 2.22. The molecule has 2 rings (SSSR count). The standard InChI is InChI=1S/C16H25NO/c1-16(2,3)9-14(18)11-17-10-13-8-12-6-4-5-7-15(12)13/h4-7,13-14,17-18H,8-11H2,1-3H3. The molecule has 18 heavy (non-hydrogen) atoms. The lowest BCUT2D eigenvalue weighted by molar-refractivity contribution is 0.119. The highest BCUT2D eigenvalue weighted by Gasteiger charge is 2.25. The predicted octanol–water partition coefficient (Wildman–Crippen LogP) is 2.71. The summed E-state index contributed by atoms with van der Waals surface area (Å²) in [5.74, 6) is 0.642. The van der Waals surface area contributed by atoms with Crippen LogP contribution in [0.15, 0.2) is 24.3 Å². The predicted molar refractivity (Wildman–Crippen MR) is 75.8 cm³/mol. The third kappa shape index (κ3) is 3.56. The first-order valence-corrected chi connectivity index (χ1v) is 6.92. The van der Waals surface area contributed by atoms with Crippen molar-refractivity contribution in [3.8, 4) is 0 Å². The topological polar surface area (TPSA) is 32.3 Å². The Bertz CT molecular complexity index is 394. The maximum Gasteiger partial charge on any atom is 0.0669 e. The molecule has 0 saturated heterocycles. The number of nitrogens with one attached hydrogen (secondary N) is 1. The van der Waals surface area contributed by atoms with Gasteiger partial charge in [-0.15, -0.1) is 0 Å². The van der Waals surface area contributed by atoms with Crippen LogP contribution in [-0.2, 0) is 6.42 Å². The van der Waals surface area contributed by atoms with E-state index in [1.165, 1.54) is 17.5 Å². The number of aliphatic hydroxyl groups excluding tert-OH is 1. The van der Waals surface area contributed by atoms with Crippen LogP contribution in [0.2, 0.25) is 0 Å². The lowest BCUT2D eigenvalue weighted by Crippen LogP contribution is -2.35. The highest BCUT2D eigenvalue weighted by molar-refractivity contribution is 5.40. The van der Waals surface area contributed by atoms with Gasteiger partial charge in [0.15, 0.2) is 0 Å². The monoisotopic (exact) mass is 247 g/mol. The summed E-state index contributed by atoms with van der Waals surface area (Å²) < 4.78 is 0. The van der Waals surface area contributed by atoms with Crippen molar-refractivity contribution in [2.75, 3.05) is 13.1 Å². The molecule has 1 aromatic carbocycles. The Kier molecular flexibility index (Phi) is 4.08. The highest BCUT2D eigenvalue weighted by atomic mass is 16.3. The summed E-state index contributed by atoms with van der Waals surface area (Å²) in [4.78, 5) is 0. The zero-order chi connectivity index (χ0) is 13.2. The van der Waals surface area contributed by atoms with Crippen LogP contribution in [0, 0.1) is 5.41 Å². The molecule has 2 unspecified atom stereocenters. The smallest absolute Gasteiger partial charge is 0.0669 e. The molecular weight excluding hydrogens is 222 g/mol. The molecule has 2 N–H and O–H groups in total. The van der Waals surface area contributed by atoms with Crippen molar-refractivity contribution >= 4 is 0 Å². The van der Waals surface area contributed by atoms with Gasteiger partial charge in [0.2, 0.25) is 0 Å². The van der Waals surface area contributed by atoms with E-state index in [4.69, 9.17) is 0 Å². The summed E-state index contributed by atoms with van der Waals surface area (Å²) in [5.41, 5.74) is 3.17. The van der Waals surface area contributed by atoms with E-state index in [2.05, 4.69) is 50.4 Å². The van der Waals surface area contributed by atoms with Crippen LogP contribution >= 0.6 is 0 Å². The zero-order valence-electron chi connectivity index (χ0n) is 11.7. The Morgan fingerprint density at radius 2 is 2.06 bits per heavy atom. The molecule has 100 valence electrons. The van der Waals surface area contributed by atoms with Gasteiger partial charge >= 0.3 is 0 Å². The minimum absolute atomic E-state index is 0.199. The summed E-state index contributed by atoms with van der Waals surface area (Å²) in [6.07, 6.45) is 1.79. The Morgan fingerprint density at radius 3 is 2.72 bits per heavy atom. The molecule has 0 aromatic heterocycles. The van der Waals surface area contributed by atoms with Gasteiger partial charge in [-0.3, -0.25) is 0 Å². The minimum atomic E-state index is -0.236. The second-order valence-electron chi connectivity index (χ2n) is 6.68. The first kappa shape index (κ1) is 13.6. The van der Waals surface area contributed by atoms with Gasteiger partial charge < -0.3 is 10.4 Å². The Balaban J connectivity index is 1.69. The van der Waals surface area contributed by atoms with Gasteiger partial charge in [0.05, 0.1) is 6.10 Å². The van der Waals surface area contributed by atoms with Gasteiger partial charge in [0.1, 0.15) is 0 Å². The number of rotatable bonds is 5. The van der Waals surface area contributed by atoms with Crippen LogP contribution in [0.1, 0.15) is 44.2 Å². The van der Waals surface area contributed by atoms with Crippen molar-refractivity contribution in [3.63, 3.8) is 0 Å². The second kappa shape index (κ2) is 5.41. The average molecular weight is 247 g/mol. The largest absolute Gasteiger partial charge is 0.392 e. The Morgan fingerprint density at radius 1 is 1.33 bits per heavy atom. The van der Waals surface area contributed by atoms with Crippen LogP contribution in [0.5, 0.6) is 0 Å². The number of hydrogen-bond acceptors (Lipinski definition) is 2. The third-order valence-corrected chi connectivity index (χ3v) is 3.58. The highest BCUT2D eigenvalue weighted by Crippen LogP contribution is 2.33. The molecule has 2 heteroatoms. The zero-order valence-corrected chi connectivity index (χ0v) is 11.7. The number of aliphatic hydroxyl groups is 1. The maximum atomic E-state index is 9.92. The molecule has 0 saturated carbocycles. The fourth-order valence-corrected chi connectivity index (χ4v) is 2.75. The van der Waals surface area contributed by atoms with Crippen LogP contribution in [0.3, 0.4) is 0 Å². The fourth-order valence-electron chi connectivity index (χ4n) is 2.75. The maximum absolute atomic E-state index is 9.92. The van der Waals surface area contributed by atoms with Crippen LogP contribution in [0.25, 0.3) is 0 Å². The van der Waals surface area contributed by atoms with Crippen LogP contribution in [-0.4, -0.2) is 24.3 Å². The minimum Gasteiger partial charge on any atom is -0.392 e. The first-order valence-electron chi connectivity index (χ1n) is 6.92. The van der Waals surface area contributed by atoms with E-state index in [0.29, 0.717) is 12.5 Å². The van der Waals surface area contributed by atoms with Crippen LogP contribution < -0.4 is 5.32 Å². The van der Waals surface area contributed by atoms with E-state index in [1.807, 2.05) is 0 Å². The molecule has 0 spiro atoms. The summed E-state index contributed by atoms with van der Waals surface area (Å²) in [5, 5.41) is 13.3. The van der Waals surface area contributed by atoms with Gasteiger partial charge in [0.25, 0.3) is 0 Å². The molecule has 1 aromatic rings. The van der Waals surface area contributed by atoms with Gasteiger partial charge in [-0.05, 0) is 29.4 Å². The SMILES string of the molecule is CC(C)(C)CC(O)CNCC1Cc2ccccc21. The van der Waals surface area contributed by atoms with E-state index >= 15 is 0 Å². The molecule has 0 heterocycles. The molecule has 2 atom stereocenters. The third-order valence-electron chi connectivity index (χ3n) is 3.58. The number of benzene rings is 1. The summed E-state index contributed by atoms with van der Waals surface area (Å²) >= 11 is 0. The van der Waals surface area contributed by atoms with Crippen molar-refractivity contribution in [1.29, 1.82) is 0 Å². The fraction of sp³-hybridized carbons (Fsp3) is 0.625. The van der Waals surface area contributed by atoms with E-state index in [-0.39, 0.29) is 11.5 Å². The van der Waals surface area contributed by atoms with Crippen molar-refractivity contribution in [2.45, 2.75) is 45.6 Å². The lowest BCUT2D eigenvalue weighted by atomic mass is 9.77. The van der Waals surface area contributed by atoms with Gasteiger partial charge in [-0.25, -0.2) is 0 Å². The molecule has 0 radical (unpaired) electrons. The Hall–Kier alpha value is -0.860. The van der Waals surface area contributed by atoms with E-state index < -0.39 is 0 Å². The normalized spacial score (nSPS) is 20.1. The molecule has 0 fully saturated rings. The lowest BCUT2D eigenvalue weighted by Gasteiger charge is -2.31. The second-order valence-corrected chi connectivity index (χ2v) is 6.68. The molecule has 2 nitrogen and oxygen atoms in total. The Labute approximate surface area is 110 Å². The van der Waals surface area contributed by atoms with Crippen molar-refractivity contribution in [2.24, 2.45) is 5.41 Å². The number of hydrogen-bond donors (Lipinski definition) is 2. The summed E-state index contributed by atoms with van der Waals surface area (Å²) in [7, 11) is 0. The van der Waals surface area contributed by atoms with Crippen LogP contribution in [0.4, 0.5) is 0 Å².